The van der Waals surface area contributed by atoms with E-state index >= 15 is 0 Å². The minimum absolute atomic E-state index is 0.0577. The lowest BCUT2D eigenvalue weighted by Gasteiger charge is -2.15. The fourth-order valence-electron chi connectivity index (χ4n) is 8.74. The predicted octanol–water partition coefficient (Wildman–Crippen LogP) is 18.2. The summed E-state index contributed by atoms with van der Waals surface area (Å²) in [7, 11) is 0. The number of carbonyl (C=O) groups is 2. The molecule has 0 saturated heterocycles. The average molecular weight is 849 g/mol. The van der Waals surface area contributed by atoms with Gasteiger partial charge in [0, 0.05) is 12.8 Å². The molecule has 1 unspecified atom stereocenters. The van der Waals surface area contributed by atoms with E-state index in [0.29, 0.717) is 12.8 Å². The van der Waals surface area contributed by atoms with E-state index in [0.717, 1.165) is 38.5 Å². The number of aliphatic hydroxyl groups excluding tert-OH is 1. The summed E-state index contributed by atoms with van der Waals surface area (Å²) in [5, 5.41) is 9.56. The molecule has 5 heteroatoms. The second-order valence-corrected chi connectivity index (χ2v) is 19.0. The summed E-state index contributed by atoms with van der Waals surface area (Å²) in [6, 6.07) is 0. The van der Waals surface area contributed by atoms with Gasteiger partial charge in [-0.1, -0.05) is 296 Å². The van der Waals surface area contributed by atoms with Gasteiger partial charge in [-0.15, -0.1) is 0 Å². The highest BCUT2D eigenvalue weighted by molar-refractivity contribution is 5.70. The first-order valence-corrected chi connectivity index (χ1v) is 27.6. The zero-order valence-corrected chi connectivity index (χ0v) is 41.0. The molecule has 0 bridgehead atoms. The molecule has 0 aromatic heterocycles. The fraction of sp³-hybridized carbons (Fsp3) is 0.964. The van der Waals surface area contributed by atoms with E-state index in [1.807, 2.05) is 0 Å². The second kappa shape index (κ2) is 52.2. The standard InChI is InChI=1S/C55H108O5/c1-3-5-7-9-11-13-14-15-16-17-18-19-20-21-22-23-24-25-26-27-28-29-30-31-32-33-34-35-36-37-38-39-40-41-42-44-46-48-50-55(58)60-53(51-56)52-59-54(57)49-47-45-43-12-10-8-6-4-2/h53,56H,3-52H2,1-2H3. The van der Waals surface area contributed by atoms with Gasteiger partial charge in [-0.3, -0.25) is 9.59 Å². The van der Waals surface area contributed by atoms with Crippen molar-refractivity contribution in [2.75, 3.05) is 13.2 Å². The Morgan fingerprint density at radius 1 is 0.317 bits per heavy atom. The SMILES string of the molecule is CCCCCCCCCCCCCCCCCCCCCCCCCCCCCCCCCCCCCCCCC(=O)OC(CO)COC(=O)CCCCCCCCCC. The molecule has 0 rings (SSSR count). The molecule has 0 aliphatic rings. The zero-order valence-electron chi connectivity index (χ0n) is 41.0. The van der Waals surface area contributed by atoms with Gasteiger partial charge in [0.2, 0.25) is 0 Å². The van der Waals surface area contributed by atoms with E-state index in [1.54, 1.807) is 0 Å². The van der Waals surface area contributed by atoms with Gasteiger partial charge >= 0.3 is 11.9 Å². The maximum Gasteiger partial charge on any atom is 0.306 e. The highest BCUT2D eigenvalue weighted by Crippen LogP contribution is 2.18. The van der Waals surface area contributed by atoms with Gasteiger partial charge in [0.1, 0.15) is 6.61 Å². The molecule has 0 radical (unpaired) electrons. The van der Waals surface area contributed by atoms with Crippen LogP contribution in [-0.2, 0) is 19.1 Å². The third-order valence-corrected chi connectivity index (χ3v) is 12.9. The number of ether oxygens (including phenoxy) is 2. The quantitative estimate of drug-likeness (QED) is 0.0488. The van der Waals surface area contributed by atoms with Gasteiger partial charge in [-0.25, -0.2) is 0 Å². The van der Waals surface area contributed by atoms with Crippen molar-refractivity contribution in [3.05, 3.63) is 0 Å². The van der Waals surface area contributed by atoms with Gasteiger partial charge in [0.05, 0.1) is 6.61 Å². The number of aliphatic hydroxyl groups is 1. The molecule has 0 amide bonds. The third-order valence-electron chi connectivity index (χ3n) is 12.9. The lowest BCUT2D eigenvalue weighted by Crippen LogP contribution is -2.28. The van der Waals surface area contributed by atoms with E-state index < -0.39 is 6.10 Å². The molecule has 1 atom stereocenters. The molecule has 0 spiro atoms. The van der Waals surface area contributed by atoms with Gasteiger partial charge in [0.25, 0.3) is 0 Å². The highest BCUT2D eigenvalue weighted by Gasteiger charge is 2.16. The van der Waals surface area contributed by atoms with Gasteiger partial charge in [0.15, 0.2) is 6.10 Å². The van der Waals surface area contributed by atoms with Crippen LogP contribution < -0.4 is 0 Å². The molecule has 0 aliphatic carbocycles. The van der Waals surface area contributed by atoms with Crippen LogP contribution in [0.3, 0.4) is 0 Å². The molecular weight excluding hydrogens is 741 g/mol. The van der Waals surface area contributed by atoms with Crippen LogP contribution in [0.15, 0.2) is 0 Å². The van der Waals surface area contributed by atoms with Gasteiger partial charge in [-0.05, 0) is 12.8 Å². The van der Waals surface area contributed by atoms with Crippen molar-refractivity contribution in [2.24, 2.45) is 0 Å². The third kappa shape index (κ3) is 49.6. The van der Waals surface area contributed by atoms with E-state index in [2.05, 4.69) is 13.8 Å². The molecule has 0 aromatic rings. The topological polar surface area (TPSA) is 72.8 Å². The summed E-state index contributed by atoms with van der Waals surface area (Å²) in [6.07, 6.45) is 62.7. The van der Waals surface area contributed by atoms with Crippen molar-refractivity contribution in [1.29, 1.82) is 0 Å². The molecule has 60 heavy (non-hydrogen) atoms. The Morgan fingerprint density at radius 3 is 0.733 bits per heavy atom. The van der Waals surface area contributed by atoms with Crippen LogP contribution >= 0.6 is 0 Å². The summed E-state index contributed by atoms with van der Waals surface area (Å²) >= 11 is 0. The smallest absolute Gasteiger partial charge is 0.306 e. The number of hydrogen-bond donors (Lipinski definition) is 1. The van der Waals surface area contributed by atoms with E-state index in [9.17, 15) is 14.7 Å². The fourth-order valence-corrected chi connectivity index (χ4v) is 8.74. The van der Waals surface area contributed by atoms with Crippen molar-refractivity contribution in [2.45, 2.75) is 328 Å². The maximum atomic E-state index is 12.2. The maximum absolute atomic E-state index is 12.2. The minimum Gasteiger partial charge on any atom is -0.462 e. The van der Waals surface area contributed by atoms with Crippen molar-refractivity contribution < 1.29 is 24.2 Å². The van der Waals surface area contributed by atoms with Gasteiger partial charge < -0.3 is 14.6 Å². The molecule has 5 nitrogen and oxygen atoms in total. The largest absolute Gasteiger partial charge is 0.462 e. The molecule has 0 heterocycles. The Kier molecular flexibility index (Phi) is 51.3. The van der Waals surface area contributed by atoms with Crippen LogP contribution in [0.4, 0.5) is 0 Å². The molecule has 358 valence electrons. The molecule has 0 saturated carbocycles. The summed E-state index contributed by atoms with van der Waals surface area (Å²) in [6.45, 7) is 4.15. The van der Waals surface area contributed by atoms with Crippen LogP contribution in [0.1, 0.15) is 322 Å². The second-order valence-electron chi connectivity index (χ2n) is 19.0. The normalized spacial score (nSPS) is 12.0. The minimum atomic E-state index is -0.761. The van der Waals surface area contributed by atoms with E-state index in [4.69, 9.17) is 9.47 Å². The average Bonchev–Trinajstić information content (AvgIpc) is 3.25. The highest BCUT2D eigenvalue weighted by atomic mass is 16.6. The zero-order chi connectivity index (χ0) is 43.5. The van der Waals surface area contributed by atoms with Crippen LogP contribution in [0.5, 0.6) is 0 Å². The number of rotatable bonds is 52. The van der Waals surface area contributed by atoms with Crippen molar-refractivity contribution in [3.63, 3.8) is 0 Å². The predicted molar refractivity (Wildman–Crippen MR) is 261 cm³/mol. The van der Waals surface area contributed by atoms with Crippen LogP contribution in [-0.4, -0.2) is 36.4 Å². The summed E-state index contributed by atoms with van der Waals surface area (Å²) < 4.78 is 10.6. The summed E-state index contributed by atoms with van der Waals surface area (Å²) in [4.78, 5) is 24.2. The van der Waals surface area contributed by atoms with Crippen molar-refractivity contribution in [3.8, 4) is 0 Å². The molecule has 0 aromatic carbocycles. The number of carbonyl (C=O) groups excluding carboxylic acids is 2. The lowest BCUT2D eigenvalue weighted by molar-refractivity contribution is -0.161. The Labute approximate surface area is 376 Å². The first-order chi connectivity index (χ1) is 29.6. The van der Waals surface area contributed by atoms with E-state index in [-0.39, 0.29) is 25.2 Å². The Morgan fingerprint density at radius 2 is 0.517 bits per heavy atom. The number of hydrogen-bond acceptors (Lipinski definition) is 5. The monoisotopic (exact) mass is 849 g/mol. The summed E-state index contributed by atoms with van der Waals surface area (Å²) in [5.74, 6) is -0.577. The van der Waals surface area contributed by atoms with Crippen LogP contribution in [0, 0.1) is 0 Å². The Hall–Kier alpha value is -1.10. The lowest BCUT2D eigenvalue weighted by atomic mass is 10.0. The summed E-state index contributed by atoms with van der Waals surface area (Å²) in [5.41, 5.74) is 0. The Balaban J connectivity index is 3.28. The molecule has 1 N–H and O–H groups in total. The van der Waals surface area contributed by atoms with Crippen molar-refractivity contribution >= 4 is 11.9 Å². The molecular formula is C55H108O5. The number of unbranched alkanes of at least 4 members (excludes halogenated alkanes) is 44. The molecule has 0 aliphatic heterocycles. The Bertz CT molecular complexity index is 830. The van der Waals surface area contributed by atoms with Gasteiger partial charge in [-0.2, -0.15) is 0 Å². The van der Waals surface area contributed by atoms with E-state index in [1.165, 1.54) is 257 Å². The first-order valence-electron chi connectivity index (χ1n) is 27.6. The van der Waals surface area contributed by atoms with Crippen LogP contribution in [0.25, 0.3) is 0 Å². The first kappa shape index (κ1) is 58.9. The van der Waals surface area contributed by atoms with Crippen LogP contribution in [0.2, 0.25) is 0 Å². The number of esters is 2. The van der Waals surface area contributed by atoms with Crippen molar-refractivity contribution in [1.82, 2.24) is 0 Å². The molecule has 0 fully saturated rings.